The van der Waals surface area contributed by atoms with Crippen molar-refractivity contribution < 1.29 is 4.79 Å². The molecule has 0 aliphatic heterocycles. The second kappa shape index (κ2) is 4.40. The molecule has 0 spiro atoms. The van der Waals surface area contributed by atoms with E-state index >= 15 is 0 Å². The van der Waals surface area contributed by atoms with Gasteiger partial charge in [0, 0.05) is 19.2 Å². The predicted octanol–water partition coefficient (Wildman–Crippen LogP) is 1.82. The lowest BCUT2D eigenvalue weighted by atomic mass is 9.87. The van der Waals surface area contributed by atoms with Crippen LogP contribution in [-0.4, -0.2) is 15.6 Å². The van der Waals surface area contributed by atoms with Crippen LogP contribution in [-0.2, 0) is 18.3 Å². The van der Waals surface area contributed by atoms with Gasteiger partial charge in [-0.05, 0) is 24.8 Å². The first-order valence-corrected chi connectivity index (χ1v) is 4.98. The Labute approximate surface area is 85.1 Å². The largest absolute Gasteiger partial charge is 0.300 e. The highest BCUT2D eigenvalue weighted by molar-refractivity contribution is 5.78. The zero-order valence-corrected chi connectivity index (χ0v) is 9.32. The molecule has 0 saturated carbocycles. The van der Waals surface area contributed by atoms with E-state index in [0.29, 0.717) is 5.92 Å². The Morgan fingerprint density at radius 3 is 2.57 bits per heavy atom. The number of aryl methyl sites for hydroxylation is 1. The van der Waals surface area contributed by atoms with Crippen LogP contribution in [0.15, 0.2) is 12.4 Å². The molecule has 1 aromatic rings. The number of Topliss-reactive ketones (excluding diaryl/α,β-unsaturated/α-hetero) is 1. The van der Waals surface area contributed by atoms with Gasteiger partial charge in [-0.2, -0.15) is 5.10 Å². The summed E-state index contributed by atoms with van der Waals surface area (Å²) in [6.07, 6.45) is 4.61. The van der Waals surface area contributed by atoms with Crippen LogP contribution < -0.4 is 0 Å². The highest BCUT2D eigenvalue weighted by Gasteiger charge is 2.19. The van der Waals surface area contributed by atoms with Gasteiger partial charge in [0.2, 0.25) is 0 Å². The second-order valence-electron chi connectivity index (χ2n) is 4.19. The Balaban J connectivity index is 2.69. The summed E-state index contributed by atoms with van der Waals surface area (Å²) in [4.78, 5) is 11.4. The van der Waals surface area contributed by atoms with Crippen molar-refractivity contribution in [3.05, 3.63) is 18.0 Å². The van der Waals surface area contributed by atoms with Crippen molar-refractivity contribution >= 4 is 5.78 Å². The van der Waals surface area contributed by atoms with Gasteiger partial charge in [-0.1, -0.05) is 13.8 Å². The monoisotopic (exact) mass is 194 g/mol. The van der Waals surface area contributed by atoms with Gasteiger partial charge in [0.05, 0.1) is 6.20 Å². The van der Waals surface area contributed by atoms with Crippen LogP contribution in [0, 0.1) is 11.8 Å². The summed E-state index contributed by atoms with van der Waals surface area (Å²) in [7, 11) is 1.89. The lowest BCUT2D eigenvalue weighted by molar-refractivity contribution is -0.121. The van der Waals surface area contributed by atoms with Crippen molar-refractivity contribution in [1.29, 1.82) is 0 Å². The molecule has 0 radical (unpaired) electrons. The van der Waals surface area contributed by atoms with Crippen LogP contribution in [0.2, 0.25) is 0 Å². The molecule has 1 heterocycles. The highest BCUT2D eigenvalue weighted by atomic mass is 16.1. The number of aromatic nitrogens is 2. The van der Waals surface area contributed by atoms with Crippen LogP contribution in [0.3, 0.4) is 0 Å². The predicted molar refractivity (Wildman–Crippen MR) is 55.9 cm³/mol. The molecule has 0 N–H and O–H groups in total. The summed E-state index contributed by atoms with van der Waals surface area (Å²) in [6, 6.07) is 0. The summed E-state index contributed by atoms with van der Waals surface area (Å²) in [5, 5.41) is 4.09. The molecular weight excluding hydrogens is 176 g/mol. The fraction of sp³-hybridized carbons (Fsp3) is 0.636. The molecule has 0 aliphatic carbocycles. The molecular formula is C11H18N2O. The Morgan fingerprint density at radius 1 is 1.57 bits per heavy atom. The molecule has 1 aromatic heterocycles. The van der Waals surface area contributed by atoms with Gasteiger partial charge < -0.3 is 0 Å². The number of rotatable bonds is 4. The maximum absolute atomic E-state index is 11.4. The first-order chi connectivity index (χ1) is 6.50. The quantitative estimate of drug-likeness (QED) is 0.733. The van der Waals surface area contributed by atoms with Crippen LogP contribution in [0.5, 0.6) is 0 Å². The summed E-state index contributed by atoms with van der Waals surface area (Å²) >= 11 is 0. The smallest absolute Gasteiger partial charge is 0.133 e. The van der Waals surface area contributed by atoms with Crippen molar-refractivity contribution in [1.82, 2.24) is 9.78 Å². The molecule has 0 saturated heterocycles. The number of carbonyl (C=O) groups excluding carboxylic acids is 1. The van der Waals surface area contributed by atoms with Crippen molar-refractivity contribution in [2.24, 2.45) is 18.9 Å². The van der Waals surface area contributed by atoms with E-state index in [1.807, 2.05) is 19.4 Å². The number of carbonyl (C=O) groups is 1. The second-order valence-corrected chi connectivity index (χ2v) is 4.19. The Hall–Kier alpha value is -1.12. The molecule has 3 nitrogen and oxygen atoms in total. The molecule has 78 valence electrons. The summed E-state index contributed by atoms with van der Waals surface area (Å²) in [5.41, 5.74) is 1.14. The van der Waals surface area contributed by atoms with Crippen molar-refractivity contribution in [2.45, 2.75) is 27.2 Å². The zero-order valence-electron chi connectivity index (χ0n) is 9.32. The number of nitrogens with zero attached hydrogens (tertiary/aromatic N) is 2. The van der Waals surface area contributed by atoms with E-state index in [1.54, 1.807) is 11.6 Å². The summed E-state index contributed by atoms with van der Waals surface area (Å²) < 4.78 is 1.77. The van der Waals surface area contributed by atoms with Gasteiger partial charge in [0.1, 0.15) is 5.78 Å². The average molecular weight is 194 g/mol. The van der Waals surface area contributed by atoms with E-state index in [-0.39, 0.29) is 11.7 Å². The molecule has 0 bridgehead atoms. The third-order valence-electron chi connectivity index (χ3n) is 2.54. The third kappa shape index (κ3) is 2.69. The lowest BCUT2D eigenvalue weighted by Crippen LogP contribution is -2.19. The minimum Gasteiger partial charge on any atom is -0.300 e. The van der Waals surface area contributed by atoms with Crippen LogP contribution in [0.1, 0.15) is 26.3 Å². The fourth-order valence-corrected chi connectivity index (χ4v) is 1.68. The highest BCUT2D eigenvalue weighted by Crippen LogP contribution is 2.17. The van der Waals surface area contributed by atoms with Crippen molar-refractivity contribution in [2.75, 3.05) is 0 Å². The van der Waals surface area contributed by atoms with Gasteiger partial charge in [-0.15, -0.1) is 0 Å². The van der Waals surface area contributed by atoms with E-state index < -0.39 is 0 Å². The molecule has 1 atom stereocenters. The normalized spacial score (nSPS) is 13.2. The Bertz CT molecular complexity index is 315. The summed E-state index contributed by atoms with van der Waals surface area (Å²) in [5.74, 6) is 0.788. The molecule has 1 unspecified atom stereocenters. The van der Waals surface area contributed by atoms with Gasteiger partial charge in [-0.3, -0.25) is 9.48 Å². The molecule has 0 fully saturated rings. The van der Waals surface area contributed by atoms with Gasteiger partial charge >= 0.3 is 0 Å². The number of hydrogen-bond acceptors (Lipinski definition) is 2. The van der Waals surface area contributed by atoms with Gasteiger partial charge in [-0.25, -0.2) is 0 Å². The van der Waals surface area contributed by atoms with Gasteiger partial charge in [0.15, 0.2) is 0 Å². The van der Waals surface area contributed by atoms with E-state index in [0.717, 1.165) is 12.0 Å². The fourth-order valence-electron chi connectivity index (χ4n) is 1.68. The molecule has 14 heavy (non-hydrogen) atoms. The Morgan fingerprint density at radius 2 is 2.21 bits per heavy atom. The molecule has 3 heteroatoms. The first kappa shape index (κ1) is 11.0. The first-order valence-electron chi connectivity index (χ1n) is 4.98. The Kier molecular flexibility index (Phi) is 3.44. The SMILES string of the molecule is CC(=O)C(Cc1cnn(C)c1)C(C)C. The number of ketones is 1. The maximum atomic E-state index is 11.4. The maximum Gasteiger partial charge on any atom is 0.133 e. The lowest BCUT2D eigenvalue weighted by Gasteiger charge is -2.16. The topological polar surface area (TPSA) is 34.9 Å². The minimum absolute atomic E-state index is 0.124. The van der Waals surface area contributed by atoms with E-state index in [9.17, 15) is 4.79 Å². The standard InChI is InChI=1S/C11H18N2O/c1-8(2)11(9(3)14)5-10-6-12-13(4)7-10/h6-8,11H,5H2,1-4H3. The van der Waals surface area contributed by atoms with Crippen molar-refractivity contribution in [3.63, 3.8) is 0 Å². The van der Waals surface area contributed by atoms with Crippen LogP contribution in [0.4, 0.5) is 0 Å². The van der Waals surface area contributed by atoms with Gasteiger partial charge in [0.25, 0.3) is 0 Å². The van der Waals surface area contributed by atoms with Crippen molar-refractivity contribution in [3.8, 4) is 0 Å². The third-order valence-corrected chi connectivity index (χ3v) is 2.54. The van der Waals surface area contributed by atoms with Crippen LogP contribution in [0.25, 0.3) is 0 Å². The van der Waals surface area contributed by atoms with E-state index in [1.165, 1.54) is 0 Å². The summed E-state index contributed by atoms with van der Waals surface area (Å²) in [6.45, 7) is 5.84. The molecule has 0 aromatic carbocycles. The average Bonchev–Trinajstić information content (AvgIpc) is 2.46. The van der Waals surface area contributed by atoms with E-state index in [2.05, 4.69) is 18.9 Å². The van der Waals surface area contributed by atoms with E-state index in [4.69, 9.17) is 0 Å². The zero-order chi connectivity index (χ0) is 10.7. The molecule has 0 aliphatic rings. The number of hydrogen-bond donors (Lipinski definition) is 0. The molecule has 0 amide bonds. The minimum atomic E-state index is 0.124. The van der Waals surface area contributed by atoms with Crippen LogP contribution >= 0.6 is 0 Å². The molecule has 1 rings (SSSR count).